The number of ether oxygens (including phenoxy) is 2. The molecule has 1 aromatic carbocycles. The first kappa shape index (κ1) is 26.4. The smallest absolute Gasteiger partial charge is 0.246 e. The molecule has 170 valence electrons. The van der Waals surface area contributed by atoms with Crippen LogP contribution in [0.15, 0.2) is 17.1 Å². The van der Waals surface area contributed by atoms with Crippen LogP contribution in [0.5, 0.6) is 0 Å². The fourth-order valence-electron chi connectivity index (χ4n) is 2.65. The summed E-state index contributed by atoms with van der Waals surface area (Å²) in [6, 6.07) is 1.70. The zero-order valence-corrected chi connectivity index (χ0v) is 19.1. The molecule has 0 spiro atoms. The zero-order chi connectivity index (χ0) is 21.1. The van der Waals surface area contributed by atoms with Crippen LogP contribution in [0.25, 0.3) is 0 Å². The van der Waals surface area contributed by atoms with Gasteiger partial charge in [0.2, 0.25) is 5.91 Å². The Labute approximate surface area is 191 Å². The summed E-state index contributed by atoms with van der Waals surface area (Å²) >= 11 is 0. The molecule has 1 fully saturated rings. The Hall–Kier alpha value is -1.60. The van der Waals surface area contributed by atoms with Crippen molar-refractivity contribution in [3.05, 3.63) is 29.6 Å². The van der Waals surface area contributed by atoms with E-state index in [1.165, 1.54) is 0 Å². The van der Waals surface area contributed by atoms with Crippen molar-refractivity contribution in [2.24, 2.45) is 10.9 Å². The van der Waals surface area contributed by atoms with Crippen molar-refractivity contribution in [1.82, 2.24) is 10.6 Å². The van der Waals surface area contributed by atoms with Crippen LogP contribution in [-0.4, -0.2) is 57.9 Å². The quantitative estimate of drug-likeness (QED) is 0.139. The Morgan fingerprint density at radius 1 is 1.27 bits per heavy atom. The van der Waals surface area contributed by atoms with Crippen molar-refractivity contribution in [3.63, 3.8) is 0 Å². The van der Waals surface area contributed by atoms with E-state index >= 15 is 0 Å². The summed E-state index contributed by atoms with van der Waals surface area (Å²) in [6.07, 6.45) is 1.79. The summed E-state index contributed by atoms with van der Waals surface area (Å²) < 4.78 is 50.6. The molecule has 1 heterocycles. The van der Waals surface area contributed by atoms with E-state index in [2.05, 4.69) is 20.9 Å². The van der Waals surface area contributed by atoms with Crippen LogP contribution in [-0.2, 0) is 14.3 Å². The summed E-state index contributed by atoms with van der Waals surface area (Å²) in [5.74, 6) is -4.18. The second kappa shape index (κ2) is 14.4. The van der Waals surface area contributed by atoms with Gasteiger partial charge in [-0.25, -0.2) is 18.2 Å². The van der Waals surface area contributed by atoms with E-state index in [0.29, 0.717) is 38.2 Å². The lowest BCUT2D eigenvalue weighted by atomic mass is 10.1. The van der Waals surface area contributed by atoms with E-state index in [1.807, 2.05) is 6.92 Å². The zero-order valence-electron chi connectivity index (χ0n) is 16.8. The Balaban J connectivity index is 0.00000450. The highest BCUT2D eigenvalue weighted by Gasteiger charge is 2.16. The molecule has 1 amide bonds. The Morgan fingerprint density at radius 2 is 2.07 bits per heavy atom. The Kier molecular flexibility index (Phi) is 12.7. The van der Waals surface area contributed by atoms with Crippen molar-refractivity contribution < 1.29 is 27.4 Å². The van der Waals surface area contributed by atoms with Gasteiger partial charge in [-0.15, -0.1) is 24.0 Å². The minimum absolute atomic E-state index is 0. The first-order valence-corrected chi connectivity index (χ1v) is 9.62. The van der Waals surface area contributed by atoms with E-state index < -0.39 is 29.0 Å². The molecule has 0 bridgehead atoms. The van der Waals surface area contributed by atoms with Crippen LogP contribution in [0.2, 0.25) is 0 Å². The molecule has 1 aliphatic rings. The molecule has 1 unspecified atom stereocenters. The molecule has 11 heteroatoms. The Morgan fingerprint density at radius 3 is 2.77 bits per heavy atom. The fraction of sp³-hybridized carbons (Fsp3) is 0.579. The number of amides is 1. The van der Waals surface area contributed by atoms with Crippen LogP contribution < -0.4 is 16.0 Å². The lowest BCUT2D eigenvalue weighted by molar-refractivity contribution is -0.114. The second-order valence-electron chi connectivity index (χ2n) is 6.55. The number of carbonyl (C=O) groups excluding carboxylic acids is 1. The standard InChI is InChI=1S/C19H27F3N4O3.HI/c1-2-23-19(24-7-3-8-28-11-13-6-9-29-12-13)25-10-16(27)26-15-5-4-14(20)17(21)18(15)22;/h4-5,13H,2-3,6-12H2,1H3,(H,26,27)(H2,23,24,25);1H. The maximum absolute atomic E-state index is 13.6. The van der Waals surface area contributed by atoms with Gasteiger partial charge >= 0.3 is 0 Å². The van der Waals surface area contributed by atoms with Crippen LogP contribution in [0.3, 0.4) is 0 Å². The van der Waals surface area contributed by atoms with Crippen LogP contribution in [0.4, 0.5) is 18.9 Å². The highest BCUT2D eigenvalue weighted by Crippen LogP contribution is 2.19. The maximum atomic E-state index is 13.6. The van der Waals surface area contributed by atoms with Gasteiger partial charge in [0.05, 0.1) is 18.9 Å². The summed E-state index contributed by atoms with van der Waals surface area (Å²) in [7, 11) is 0. The first-order chi connectivity index (χ1) is 14.0. The number of guanidine groups is 1. The largest absolute Gasteiger partial charge is 0.381 e. The van der Waals surface area contributed by atoms with Crippen LogP contribution in [0.1, 0.15) is 19.8 Å². The van der Waals surface area contributed by atoms with E-state index in [1.54, 1.807) is 0 Å². The normalized spacial score (nSPS) is 16.1. The van der Waals surface area contributed by atoms with Gasteiger partial charge in [-0.1, -0.05) is 0 Å². The second-order valence-corrected chi connectivity index (χ2v) is 6.55. The molecule has 1 saturated heterocycles. The molecule has 30 heavy (non-hydrogen) atoms. The van der Waals surface area contributed by atoms with Gasteiger partial charge in [-0.05, 0) is 31.9 Å². The number of anilines is 1. The molecule has 0 radical (unpaired) electrons. The van der Waals surface area contributed by atoms with Crippen molar-refractivity contribution in [1.29, 1.82) is 0 Å². The van der Waals surface area contributed by atoms with E-state index in [9.17, 15) is 18.0 Å². The first-order valence-electron chi connectivity index (χ1n) is 9.62. The summed E-state index contributed by atoms with van der Waals surface area (Å²) in [5, 5.41) is 8.22. The predicted octanol–water partition coefficient (Wildman–Crippen LogP) is 2.66. The van der Waals surface area contributed by atoms with Crippen molar-refractivity contribution >= 4 is 41.5 Å². The minimum atomic E-state index is -1.64. The number of halogens is 4. The lowest BCUT2D eigenvalue weighted by Gasteiger charge is -2.12. The van der Waals surface area contributed by atoms with Crippen molar-refractivity contribution in [2.45, 2.75) is 19.8 Å². The number of hydrogen-bond donors (Lipinski definition) is 3. The summed E-state index contributed by atoms with van der Waals surface area (Å²) in [5.41, 5.74) is -0.438. The molecule has 0 aliphatic carbocycles. The predicted molar refractivity (Wildman–Crippen MR) is 119 cm³/mol. The number of hydrogen-bond acceptors (Lipinski definition) is 4. The molecule has 0 aromatic heterocycles. The molecule has 1 aromatic rings. The van der Waals surface area contributed by atoms with Gasteiger partial charge in [0.25, 0.3) is 0 Å². The minimum Gasteiger partial charge on any atom is -0.381 e. The number of benzene rings is 1. The van der Waals surface area contributed by atoms with E-state index in [-0.39, 0.29) is 30.5 Å². The molecule has 1 atom stereocenters. The summed E-state index contributed by atoms with van der Waals surface area (Å²) in [4.78, 5) is 16.0. The van der Waals surface area contributed by atoms with Gasteiger partial charge in [-0.3, -0.25) is 4.79 Å². The van der Waals surface area contributed by atoms with Gasteiger partial charge in [-0.2, -0.15) is 0 Å². The van der Waals surface area contributed by atoms with E-state index in [0.717, 1.165) is 38.2 Å². The SMILES string of the molecule is CCNC(=NCC(=O)Nc1ccc(F)c(F)c1F)NCCCOCC1CCOC1.I. The number of aliphatic imine (C=N–C) groups is 1. The monoisotopic (exact) mass is 544 g/mol. The third-order valence-corrected chi connectivity index (χ3v) is 4.17. The fourth-order valence-corrected chi connectivity index (χ4v) is 2.65. The molecule has 0 saturated carbocycles. The average Bonchev–Trinajstić information content (AvgIpc) is 3.22. The molecule has 1 aliphatic heterocycles. The highest BCUT2D eigenvalue weighted by molar-refractivity contribution is 14.0. The van der Waals surface area contributed by atoms with Crippen molar-refractivity contribution in [2.75, 3.05) is 51.4 Å². The van der Waals surface area contributed by atoms with Crippen LogP contribution >= 0.6 is 24.0 Å². The van der Waals surface area contributed by atoms with Crippen molar-refractivity contribution in [3.8, 4) is 0 Å². The Bertz CT molecular complexity index is 704. The third-order valence-electron chi connectivity index (χ3n) is 4.17. The maximum Gasteiger partial charge on any atom is 0.246 e. The topological polar surface area (TPSA) is 84.0 Å². The number of nitrogens with zero attached hydrogens (tertiary/aromatic N) is 1. The lowest BCUT2D eigenvalue weighted by Crippen LogP contribution is -2.38. The number of carbonyl (C=O) groups is 1. The summed E-state index contributed by atoms with van der Waals surface area (Å²) in [6.45, 7) is 5.58. The van der Waals surface area contributed by atoms with Gasteiger partial charge in [0.1, 0.15) is 6.54 Å². The number of nitrogens with one attached hydrogen (secondary N) is 3. The van der Waals surface area contributed by atoms with Crippen LogP contribution in [0, 0.1) is 23.4 Å². The van der Waals surface area contributed by atoms with Gasteiger partial charge in [0.15, 0.2) is 23.4 Å². The van der Waals surface area contributed by atoms with Gasteiger partial charge in [0, 0.05) is 32.2 Å². The molecule has 7 nitrogen and oxygen atoms in total. The highest BCUT2D eigenvalue weighted by atomic mass is 127. The number of rotatable bonds is 10. The molecule has 3 N–H and O–H groups in total. The molecular formula is C19H28F3IN4O3. The van der Waals surface area contributed by atoms with Gasteiger partial charge < -0.3 is 25.4 Å². The van der Waals surface area contributed by atoms with E-state index in [4.69, 9.17) is 9.47 Å². The molecular weight excluding hydrogens is 516 g/mol. The average molecular weight is 544 g/mol. The third kappa shape index (κ3) is 9.04. The molecule has 2 rings (SSSR count).